The molecular weight excluding hydrogens is 299 g/mol. The van der Waals surface area contributed by atoms with Gasteiger partial charge in [0.2, 0.25) is 0 Å². The van der Waals surface area contributed by atoms with Crippen molar-refractivity contribution >= 4 is 35.2 Å². The molecule has 4 nitrogen and oxygen atoms in total. The number of benzene rings is 1. The number of hydrogen-bond acceptors (Lipinski definition) is 3. The Morgan fingerprint density at radius 3 is 2.90 bits per heavy atom. The van der Waals surface area contributed by atoms with Crippen LogP contribution in [0.1, 0.15) is 12.0 Å². The topological polar surface area (TPSA) is 62.1 Å². The molecule has 0 aromatic heterocycles. The van der Waals surface area contributed by atoms with E-state index in [9.17, 15) is 4.79 Å². The van der Waals surface area contributed by atoms with Gasteiger partial charge in [-0.15, -0.1) is 0 Å². The van der Waals surface area contributed by atoms with Crippen molar-refractivity contribution in [3.63, 3.8) is 0 Å². The van der Waals surface area contributed by atoms with Crippen LogP contribution in [0.5, 0.6) is 0 Å². The molecule has 0 radical (unpaired) electrons. The summed E-state index contributed by atoms with van der Waals surface area (Å²) in [6, 6.07) is 6.88. The minimum Gasteiger partial charge on any atom is -0.385 e. The van der Waals surface area contributed by atoms with Gasteiger partial charge in [-0.2, -0.15) is 5.26 Å². The third-order valence-electron chi connectivity index (χ3n) is 2.46. The molecule has 1 amide bonds. The summed E-state index contributed by atoms with van der Waals surface area (Å²) in [5.41, 5.74) is 0.509. The van der Waals surface area contributed by atoms with Crippen LogP contribution in [0.15, 0.2) is 23.8 Å². The first-order valence-electron chi connectivity index (χ1n) is 5.93. The van der Waals surface area contributed by atoms with Gasteiger partial charge in [0.1, 0.15) is 11.6 Å². The van der Waals surface area contributed by atoms with E-state index in [0.29, 0.717) is 35.2 Å². The maximum Gasteiger partial charge on any atom is 0.261 e. The molecule has 0 heterocycles. The molecule has 0 fully saturated rings. The molecule has 6 heteroatoms. The largest absolute Gasteiger partial charge is 0.385 e. The predicted octanol–water partition coefficient (Wildman–Crippen LogP) is 3.05. The number of ether oxygens (including phenoxy) is 1. The van der Waals surface area contributed by atoms with Gasteiger partial charge in [0.25, 0.3) is 5.91 Å². The number of amides is 1. The highest BCUT2D eigenvalue weighted by molar-refractivity contribution is 6.43. The van der Waals surface area contributed by atoms with Gasteiger partial charge >= 0.3 is 0 Å². The van der Waals surface area contributed by atoms with Gasteiger partial charge in [-0.25, -0.2) is 0 Å². The molecule has 1 aromatic carbocycles. The molecule has 0 unspecified atom stereocenters. The van der Waals surface area contributed by atoms with Crippen LogP contribution in [0.3, 0.4) is 0 Å². The van der Waals surface area contributed by atoms with Crippen LogP contribution < -0.4 is 5.32 Å². The van der Waals surface area contributed by atoms with Crippen LogP contribution in [0.2, 0.25) is 10.0 Å². The van der Waals surface area contributed by atoms with Gasteiger partial charge in [-0.1, -0.05) is 35.3 Å². The summed E-state index contributed by atoms with van der Waals surface area (Å²) in [5, 5.41) is 12.4. The highest BCUT2D eigenvalue weighted by Crippen LogP contribution is 2.27. The van der Waals surface area contributed by atoms with E-state index in [1.165, 1.54) is 6.08 Å². The molecule has 0 bridgehead atoms. The lowest BCUT2D eigenvalue weighted by atomic mass is 10.1. The van der Waals surface area contributed by atoms with Crippen LogP contribution >= 0.6 is 23.2 Å². The molecule has 0 aliphatic carbocycles. The number of carbonyl (C=O) groups is 1. The summed E-state index contributed by atoms with van der Waals surface area (Å²) in [5.74, 6) is -0.445. The molecule has 1 rings (SSSR count). The normalized spacial score (nSPS) is 11.0. The van der Waals surface area contributed by atoms with E-state index in [-0.39, 0.29) is 5.57 Å². The summed E-state index contributed by atoms with van der Waals surface area (Å²) in [6.07, 6.45) is 2.10. The minimum absolute atomic E-state index is 0.0217. The number of halogens is 2. The lowest BCUT2D eigenvalue weighted by Crippen LogP contribution is -2.26. The molecule has 1 N–H and O–H groups in total. The van der Waals surface area contributed by atoms with Crippen LogP contribution in [0.4, 0.5) is 0 Å². The van der Waals surface area contributed by atoms with Gasteiger partial charge in [-0.3, -0.25) is 4.79 Å². The van der Waals surface area contributed by atoms with E-state index in [1.807, 2.05) is 6.07 Å². The zero-order chi connectivity index (χ0) is 15.0. The fourth-order valence-corrected chi connectivity index (χ4v) is 1.81. The van der Waals surface area contributed by atoms with E-state index >= 15 is 0 Å². The second-order valence-electron chi connectivity index (χ2n) is 3.92. The number of rotatable bonds is 6. The van der Waals surface area contributed by atoms with Gasteiger partial charge in [0, 0.05) is 20.3 Å². The highest BCUT2D eigenvalue weighted by atomic mass is 35.5. The summed E-state index contributed by atoms with van der Waals surface area (Å²) < 4.78 is 4.87. The maximum absolute atomic E-state index is 11.8. The molecule has 0 aliphatic heterocycles. The van der Waals surface area contributed by atoms with E-state index < -0.39 is 5.91 Å². The molecule has 0 atom stereocenters. The predicted molar refractivity (Wildman–Crippen MR) is 79.6 cm³/mol. The van der Waals surface area contributed by atoms with Gasteiger partial charge in [0.15, 0.2) is 0 Å². The smallest absolute Gasteiger partial charge is 0.261 e. The first-order valence-corrected chi connectivity index (χ1v) is 6.68. The minimum atomic E-state index is -0.445. The summed E-state index contributed by atoms with van der Waals surface area (Å²) in [7, 11) is 1.59. The van der Waals surface area contributed by atoms with Gasteiger partial charge in [0.05, 0.1) is 10.0 Å². The third-order valence-corrected chi connectivity index (χ3v) is 3.29. The molecule has 20 heavy (non-hydrogen) atoms. The van der Waals surface area contributed by atoms with Crippen LogP contribution in [-0.2, 0) is 9.53 Å². The number of carbonyl (C=O) groups excluding carboxylic acids is 1. The zero-order valence-electron chi connectivity index (χ0n) is 11.0. The lowest BCUT2D eigenvalue weighted by molar-refractivity contribution is -0.117. The first kappa shape index (κ1) is 16.5. The van der Waals surface area contributed by atoms with E-state index in [4.69, 9.17) is 33.2 Å². The fraction of sp³-hybridized carbons (Fsp3) is 0.286. The number of nitrogens with one attached hydrogen (secondary N) is 1. The Morgan fingerprint density at radius 2 is 2.25 bits per heavy atom. The number of nitrogens with zero attached hydrogens (tertiary/aromatic N) is 1. The first-order chi connectivity index (χ1) is 9.60. The van der Waals surface area contributed by atoms with Crippen molar-refractivity contribution in [2.45, 2.75) is 6.42 Å². The van der Waals surface area contributed by atoms with Crippen LogP contribution in [-0.4, -0.2) is 26.2 Å². The Balaban J connectivity index is 2.80. The molecule has 0 spiro atoms. The molecule has 0 aliphatic rings. The maximum atomic E-state index is 11.8. The Morgan fingerprint density at radius 1 is 1.50 bits per heavy atom. The second-order valence-corrected chi connectivity index (χ2v) is 4.70. The molecule has 0 saturated carbocycles. The Kier molecular flexibility index (Phi) is 7.10. The van der Waals surface area contributed by atoms with Crippen LogP contribution in [0, 0.1) is 11.3 Å². The third kappa shape index (κ3) is 4.86. The molecule has 106 valence electrons. The van der Waals surface area contributed by atoms with Crippen molar-refractivity contribution in [1.82, 2.24) is 5.32 Å². The zero-order valence-corrected chi connectivity index (χ0v) is 12.5. The van der Waals surface area contributed by atoms with E-state index in [0.717, 1.165) is 0 Å². The average Bonchev–Trinajstić information content (AvgIpc) is 2.45. The van der Waals surface area contributed by atoms with Crippen molar-refractivity contribution < 1.29 is 9.53 Å². The SMILES string of the molecule is COCCCNC(=O)/C(C#N)=C/c1cccc(Cl)c1Cl. The van der Waals surface area contributed by atoms with Crippen LogP contribution in [0.25, 0.3) is 6.08 Å². The molecule has 0 saturated heterocycles. The Hall–Kier alpha value is -1.54. The summed E-state index contributed by atoms with van der Waals surface area (Å²) in [4.78, 5) is 11.8. The van der Waals surface area contributed by atoms with Crippen molar-refractivity contribution in [3.05, 3.63) is 39.4 Å². The summed E-state index contributed by atoms with van der Waals surface area (Å²) >= 11 is 11.9. The standard InChI is InChI=1S/C14H14Cl2N2O2/c1-20-7-3-6-18-14(19)11(9-17)8-10-4-2-5-12(15)13(10)16/h2,4-5,8H,3,6-7H2,1H3,(H,18,19)/b11-8+. The Bertz CT molecular complexity index is 551. The van der Waals surface area contributed by atoms with E-state index in [1.54, 1.807) is 25.3 Å². The Labute approximate surface area is 127 Å². The van der Waals surface area contributed by atoms with Crippen molar-refractivity contribution in [3.8, 4) is 6.07 Å². The number of hydrogen-bond donors (Lipinski definition) is 1. The van der Waals surface area contributed by atoms with Gasteiger partial charge < -0.3 is 10.1 Å². The fourth-order valence-electron chi connectivity index (χ4n) is 1.45. The second kappa shape index (κ2) is 8.60. The molecule has 1 aromatic rings. The lowest BCUT2D eigenvalue weighted by Gasteiger charge is -2.05. The molecular formula is C14H14Cl2N2O2. The van der Waals surface area contributed by atoms with Crippen molar-refractivity contribution in [2.24, 2.45) is 0 Å². The summed E-state index contributed by atoms with van der Waals surface area (Å²) in [6.45, 7) is 0.987. The number of methoxy groups -OCH3 is 1. The monoisotopic (exact) mass is 312 g/mol. The quantitative estimate of drug-likeness (QED) is 0.499. The van der Waals surface area contributed by atoms with Gasteiger partial charge in [-0.05, 0) is 24.1 Å². The van der Waals surface area contributed by atoms with Crippen molar-refractivity contribution in [1.29, 1.82) is 5.26 Å². The van der Waals surface area contributed by atoms with Crippen molar-refractivity contribution in [2.75, 3.05) is 20.3 Å². The van der Waals surface area contributed by atoms with E-state index in [2.05, 4.69) is 5.32 Å². The highest BCUT2D eigenvalue weighted by Gasteiger charge is 2.10. The number of nitriles is 1. The average molecular weight is 313 g/mol.